The highest BCUT2D eigenvalue weighted by Crippen LogP contribution is 2.38. The zero-order valence-corrected chi connectivity index (χ0v) is 27.8. The summed E-state index contributed by atoms with van der Waals surface area (Å²) in [5.74, 6) is 0. The molecule has 0 amide bonds. The van der Waals surface area contributed by atoms with Crippen molar-refractivity contribution in [1.29, 1.82) is 0 Å². The highest BCUT2D eigenvalue weighted by Gasteiger charge is 2.16. The maximum absolute atomic E-state index is 6.08. The summed E-state index contributed by atoms with van der Waals surface area (Å²) in [5, 5.41) is 4.22. The monoisotopic (exact) mass is 668 g/mol. The zero-order valence-electron chi connectivity index (χ0n) is 27.8. The van der Waals surface area contributed by atoms with Gasteiger partial charge in [-0.2, -0.15) is 0 Å². The van der Waals surface area contributed by atoms with Gasteiger partial charge in [0, 0.05) is 67.7 Å². The molecule has 244 valence electrons. The zero-order chi connectivity index (χ0) is 34.4. The number of nitrogens with zero attached hydrogens (tertiary/aromatic N) is 6. The lowest BCUT2D eigenvalue weighted by molar-refractivity contribution is 0.654. The van der Waals surface area contributed by atoms with Gasteiger partial charge in [0.25, 0.3) is 0 Å². The number of para-hydroxylation sites is 1. The molecular weight excluding hydrogens is 641 g/mol. The summed E-state index contributed by atoms with van der Waals surface area (Å²) in [4.78, 5) is 25.4. The van der Waals surface area contributed by atoms with Gasteiger partial charge < -0.3 is 9.32 Å². The van der Waals surface area contributed by atoms with Gasteiger partial charge in [0.15, 0.2) is 0 Å². The molecule has 0 aliphatic carbocycles. The molecule has 0 saturated heterocycles. The summed E-state index contributed by atoms with van der Waals surface area (Å²) in [7, 11) is 0. The first kappa shape index (κ1) is 29.6. The lowest BCUT2D eigenvalue weighted by Crippen LogP contribution is -2.09. The predicted octanol–water partition coefficient (Wildman–Crippen LogP) is 11.3. The van der Waals surface area contributed by atoms with Crippen molar-refractivity contribution >= 4 is 60.9 Å². The van der Waals surface area contributed by atoms with Crippen LogP contribution in [0.15, 0.2) is 175 Å². The Kier molecular flexibility index (Phi) is 6.99. The van der Waals surface area contributed by atoms with Crippen LogP contribution in [0.4, 0.5) is 17.1 Å². The molecule has 0 unspecified atom stereocenters. The molecule has 52 heavy (non-hydrogen) atoms. The number of benzene rings is 4. The first-order valence-electron chi connectivity index (χ1n) is 17.0. The fourth-order valence-corrected chi connectivity index (χ4v) is 6.81. The number of fused-ring (bicyclic) bond motifs is 5. The lowest BCUT2D eigenvalue weighted by Gasteiger charge is -2.26. The van der Waals surface area contributed by atoms with E-state index in [0.717, 1.165) is 89.0 Å². The normalized spacial score (nSPS) is 11.5. The van der Waals surface area contributed by atoms with Crippen LogP contribution in [0.5, 0.6) is 0 Å². The maximum Gasteiger partial charge on any atom is 0.227 e. The second-order valence-electron chi connectivity index (χ2n) is 12.7. The van der Waals surface area contributed by atoms with Crippen molar-refractivity contribution in [1.82, 2.24) is 24.9 Å². The molecule has 10 aromatic rings. The first-order valence-corrected chi connectivity index (χ1v) is 17.0. The Hall–Kier alpha value is -7.25. The molecule has 0 radical (unpaired) electrons. The standard InChI is InChI=1S/C45H28N6O/c1-2-4-44-37(3-1)38-19-22-41(50-45(38)52-44)31-9-17-36(18-10-31)51(34-13-5-29(6-14-34)39-20-11-32-23-25-46-27-42(32)48-39)35-15-7-30(8-16-35)40-21-12-33-24-26-47-28-43(33)49-40/h1-28H. The number of anilines is 3. The van der Waals surface area contributed by atoms with Crippen LogP contribution in [-0.2, 0) is 0 Å². The van der Waals surface area contributed by atoms with Gasteiger partial charge in [-0.1, -0.05) is 66.7 Å². The summed E-state index contributed by atoms with van der Waals surface area (Å²) >= 11 is 0. The molecule has 4 aromatic carbocycles. The summed E-state index contributed by atoms with van der Waals surface area (Å²) in [5.41, 5.74) is 12.0. The van der Waals surface area contributed by atoms with E-state index in [4.69, 9.17) is 19.4 Å². The summed E-state index contributed by atoms with van der Waals surface area (Å²) < 4.78 is 6.08. The van der Waals surface area contributed by atoms with E-state index in [9.17, 15) is 0 Å². The maximum atomic E-state index is 6.08. The molecule has 0 spiro atoms. The van der Waals surface area contributed by atoms with Gasteiger partial charge >= 0.3 is 0 Å². The van der Waals surface area contributed by atoms with Crippen LogP contribution >= 0.6 is 0 Å². The third-order valence-electron chi connectivity index (χ3n) is 9.50. The molecule has 7 heteroatoms. The Balaban J connectivity index is 1.02. The van der Waals surface area contributed by atoms with Crippen molar-refractivity contribution in [2.24, 2.45) is 0 Å². The van der Waals surface area contributed by atoms with E-state index in [1.165, 1.54) is 0 Å². The number of pyridine rings is 5. The third kappa shape index (κ3) is 5.28. The van der Waals surface area contributed by atoms with Crippen LogP contribution in [0.1, 0.15) is 0 Å². The largest absolute Gasteiger partial charge is 0.438 e. The Morgan fingerprint density at radius 2 is 0.885 bits per heavy atom. The third-order valence-corrected chi connectivity index (χ3v) is 9.50. The van der Waals surface area contributed by atoms with E-state index in [0.29, 0.717) is 5.71 Å². The Morgan fingerprint density at radius 3 is 1.42 bits per heavy atom. The summed E-state index contributed by atoms with van der Waals surface area (Å²) in [6.45, 7) is 0. The SMILES string of the molecule is c1ccc2c(c1)oc1nc(-c3ccc(N(c4ccc(-c5ccc6ccncc6n5)cc4)c4ccc(-c5ccc6ccncc6n5)cc4)cc3)ccc12. The van der Waals surface area contributed by atoms with Gasteiger partial charge in [-0.15, -0.1) is 0 Å². The van der Waals surface area contributed by atoms with Crippen molar-refractivity contribution < 1.29 is 4.42 Å². The molecule has 0 bridgehead atoms. The molecule has 10 rings (SSSR count). The number of furan rings is 1. The second-order valence-corrected chi connectivity index (χ2v) is 12.7. The Bertz CT molecular complexity index is 2780. The van der Waals surface area contributed by atoms with Crippen LogP contribution in [-0.4, -0.2) is 24.9 Å². The van der Waals surface area contributed by atoms with Crippen LogP contribution in [0.25, 0.3) is 77.6 Å². The van der Waals surface area contributed by atoms with E-state index in [2.05, 4.69) is 130 Å². The molecule has 0 aliphatic rings. The highest BCUT2D eigenvalue weighted by atomic mass is 16.3. The minimum absolute atomic E-state index is 0.638. The molecule has 7 nitrogen and oxygen atoms in total. The average molecular weight is 669 g/mol. The first-order chi connectivity index (χ1) is 25.7. The average Bonchev–Trinajstić information content (AvgIpc) is 3.59. The number of rotatable bonds is 6. The van der Waals surface area contributed by atoms with Crippen molar-refractivity contribution in [3.63, 3.8) is 0 Å². The molecule has 0 aliphatic heterocycles. The highest BCUT2D eigenvalue weighted by molar-refractivity contribution is 6.04. The van der Waals surface area contributed by atoms with Gasteiger partial charge in [-0.25, -0.2) is 15.0 Å². The summed E-state index contributed by atoms with van der Waals surface area (Å²) in [6.07, 6.45) is 7.18. The topological polar surface area (TPSA) is 80.8 Å². The number of aromatic nitrogens is 5. The molecular formula is C45H28N6O. The van der Waals surface area contributed by atoms with E-state index >= 15 is 0 Å². The van der Waals surface area contributed by atoms with Gasteiger partial charge in [0.05, 0.1) is 40.5 Å². The van der Waals surface area contributed by atoms with Crippen LogP contribution < -0.4 is 4.90 Å². The van der Waals surface area contributed by atoms with Crippen LogP contribution in [0, 0.1) is 0 Å². The van der Waals surface area contributed by atoms with Gasteiger partial charge in [0.1, 0.15) is 5.58 Å². The van der Waals surface area contributed by atoms with Crippen molar-refractivity contribution in [2.75, 3.05) is 4.90 Å². The molecule has 0 atom stereocenters. The van der Waals surface area contributed by atoms with E-state index in [1.54, 1.807) is 24.8 Å². The fraction of sp³-hybridized carbons (Fsp3) is 0. The molecule has 0 fully saturated rings. The van der Waals surface area contributed by atoms with Crippen molar-refractivity contribution in [3.8, 4) is 33.8 Å². The predicted molar refractivity (Wildman–Crippen MR) is 209 cm³/mol. The van der Waals surface area contributed by atoms with Gasteiger partial charge in [-0.3, -0.25) is 9.97 Å². The van der Waals surface area contributed by atoms with Crippen LogP contribution in [0.2, 0.25) is 0 Å². The molecule has 0 N–H and O–H groups in total. The molecule has 6 heterocycles. The lowest BCUT2D eigenvalue weighted by atomic mass is 10.1. The van der Waals surface area contributed by atoms with Crippen molar-refractivity contribution in [3.05, 3.63) is 170 Å². The minimum Gasteiger partial charge on any atom is -0.438 e. The quantitative estimate of drug-likeness (QED) is 0.174. The second kappa shape index (κ2) is 12.3. The van der Waals surface area contributed by atoms with E-state index in [1.807, 2.05) is 30.3 Å². The Labute approximate surface area is 298 Å². The minimum atomic E-state index is 0.638. The van der Waals surface area contributed by atoms with E-state index < -0.39 is 0 Å². The number of hydrogen-bond acceptors (Lipinski definition) is 7. The van der Waals surface area contributed by atoms with Gasteiger partial charge in [0.2, 0.25) is 5.71 Å². The van der Waals surface area contributed by atoms with E-state index in [-0.39, 0.29) is 0 Å². The Morgan fingerprint density at radius 1 is 0.404 bits per heavy atom. The molecule has 6 aromatic heterocycles. The number of hydrogen-bond donors (Lipinski definition) is 0. The summed E-state index contributed by atoms with van der Waals surface area (Å²) in [6, 6.07) is 50.0. The van der Waals surface area contributed by atoms with Crippen molar-refractivity contribution in [2.45, 2.75) is 0 Å². The smallest absolute Gasteiger partial charge is 0.227 e. The van der Waals surface area contributed by atoms with Crippen LogP contribution in [0.3, 0.4) is 0 Å². The fourth-order valence-electron chi connectivity index (χ4n) is 6.81. The molecule has 0 saturated carbocycles. The van der Waals surface area contributed by atoms with Gasteiger partial charge in [-0.05, 0) is 78.9 Å².